The normalized spacial score (nSPS) is 11.4. The average Bonchev–Trinajstić information content (AvgIpc) is 2.65. The van der Waals surface area contributed by atoms with E-state index in [1.165, 1.54) is 13.2 Å². The first-order valence-electron chi connectivity index (χ1n) is 7.68. The van der Waals surface area contributed by atoms with Crippen molar-refractivity contribution in [1.29, 1.82) is 0 Å². The minimum atomic E-state index is -1.54. The van der Waals surface area contributed by atoms with Crippen LogP contribution >= 0.6 is 15.9 Å². The fourth-order valence-corrected chi connectivity index (χ4v) is 2.94. The van der Waals surface area contributed by atoms with Gasteiger partial charge >= 0.3 is 5.97 Å². The number of carboxylic acids is 1. The van der Waals surface area contributed by atoms with Gasteiger partial charge in [-0.25, -0.2) is 9.78 Å². The number of halogens is 1. The predicted molar refractivity (Wildman–Crippen MR) is 103 cm³/mol. The van der Waals surface area contributed by atoms with E-state index >= 15 is 0 Å². The monoisotopic (exact) mass is 411 g/mol. The van der Waals surface area contributed by atoms with Gasteiger partial charge in [0, 0.05) is 15.4 Å². The number of carboxylic acid groups (broad SMARTS) is 1. The number of Topliss-reactive ketones (excluding diaryl/α,β-unsaturated/α-hetero) is 1. The van der Waals surface area contributed by atoms with Gasteiger partial charge in [0.2, 0.25) is 0 Å². The Morgan fingerprint density at radius 2 is 1.88 bits per heavy atom. The van der Waals surface area contributed by atoms with Crippen LogP contribution in [0.15, 0.2) is 59.1 Å². The van der Waals surface area contributed by atoms with Crippen LogP contribution in [0.4, 0.5) is 0 Å². The molecule has 3 rings (SSSR count). The van der Waals surface area contributed by atoms with Gasteiger partial charge in [-0.05, 0) is 36.4 Å². The van der Waals surface area contributed by atoms with Crippen molar-refractivity contribution < 1.29 is 19.4 Å². The summed E-state index contributed by atoms with van der Waals surface area (Å²) in [7, 11) is 1.51. The summed E-state index contributed by atoms with van der Waals surface area (Å²) in [6, 6.07) is 16.1. The Labute approximate surface area is 158 Å². The van der Waals surface area contributed by atoms with Gasteiger partial charge in [-0.1, -0.05) is 40.2 Å². The molecule has 0 aliphatic heterocycles. The van der Waals surface area contributed by atoms with E-state index in [4.69, 9.17) is 4.74 Å². The molecule has 0 bridgehead atoms. The number of aliphatic carboxylic acids is 1. The topological polar surface area (TPSA) is 76.5 Å². The highest BCUT2D eigenvalue weighted by Crippen LogP contribution is 2.28. The molecule has 0 saturated heterocycles. The van der Waals surface area contributed by atoms with E-state index in [0.29, 0.717) is 16.8 Å². The zero-order chi connectivity index (χ0) is 18.7. The van der Waals surface area contributed by atoms with Crippen molar-refractivity contribution in [3.05, 3.63) is 70.3 Å². The fourth-order valence-electron chi connectivity index (χ4n) is 2.56. The lowest BCUT2D eigenvalue weighted by atomic mass is 10.0. The standard InChI is InChI=1S/C20H14BrNO4/c1-26-18-9-7-14(21)10-13(18)11-15(19(23)20(24)25)17-8-6-12-4-2-3-5-16(12)22-17/h2-11H,1H3,(H,24,25). The molecule has 26 heavy (non-hydrogen) atoms. The molecule has 0 amide bonds. The maximum atomic E-state index is 12.3. The Morgan fingerprint density at radius 1 is 1.12 bits per heavy atom. The zero-order valence-corrected chi connectivity index (χ0v) is 15.4. The number of para-hydroxylation sites is 1. The van der Waals surface area contributed by atoms with Gasteiger partial charge in [0.15, 0.2) is 0 Å². The molecule has 0 aliphatic carbocycles. The van der Waals surface area contributed by atoms with Crippen molar-refractivity contribution in [2.75, 3.05) is 7.11 Å². The smallest absolute Gasteiger partial charge is 0.377 e. The zero-order valence-electron chi connectivity index (χ0n) is 13.8. The molecule has 0 radical (unpaired) electrons. The quantitative estimate of drug-likeness (QED) is 0.502. The summed E-state index contributed by atoms with van der Waals surface area (Å²) < 4.78 is 6.08. The number of ether oxygens (including phenoxy) is 1. The lowest BCUT2D eigenvalue weighted by Crippen LogP contribution is -2.15. The van der Waals surface area contributed by atoms with E-state index in [9.17, 15) is 14.7 Å². The number of aromatic nitrogens is 1. The number of nitrogens with zero attached hydrogens (tertiary/aromatic N) is 1. The maximum Gasteiger partial charge on any atom is 0.377 e. The van der Waals surface area contributed by atoms with E-state index in [0.717, 1.165) is 9.86 Å². The summed E-state index contributed by atoms with van der Waals surface area (Å²) in [6.45, 7) is 0. The molecule has 130 valence electrons. The third kappa shape index (κ3) is 3.65. The van der Waals surface area contributed by atoms with Crippen molar-refractivity contribution in [2.45, 2.75) is 0 Å². The number of ketones is 1. The van der Waals surface area contributed by atoms with Crippen LogP contribution in [0.3, 0.4) is 0 Å². The Balaban J connectivity index is 2.21. The van der Waals surface area contributed by atoms with Crippen LogP contribution in [0, 0.1) is 0 Å². The molecule has 0 aliphatic rings. The summed E-state index contributed by atoms with van der Waals surface area (Å²) in [6.07, 6.45) is 1.48. The Bertz CT molecular complexity index is 1040. The molecule has 1 N–H and O–H groups in total. The minimum absolute atomic E-state index is 0.0142. The number of hydrogen-bond donors (Lipinski definition) is 1. The highest BCUT2D eigenvalue weighted by atomic mass is 79.9. The van der Waals surface area contributed by atoms with Gasteiger partial charge < -0.3 is 9.84 Å². The van der Waals surface area contributed by atoms with Crippen LogP contribution in [0.25, 0.3) is 22.6 Å². The molecule has 2 aromatic carbocycles. The second kappa shape index (κ2) is 7.49. The summed E-state index contributed by atoms with van der Waals surface area (Å²) in [4.78, 5) is 28.1. The van der Waals surface area contributed by atoms with Crippen LogP contribution in [-0.2, 0) is 9.59 Å². The van der Waals surface area contributed by atoms with Crippen LogP contribution in [-0.4, -0.2) is 29.0 Å². The van der Waals surface area contributed by atoms with Crippen LogP contribution < -0.4 is 4.74 Å². The molecular weight excluding hydrogens is 398 g/mol. The van der Waals surface area contributed by atoms with E-state index in [1.807, 2.05) is 18.2 Å². The molecule has 3 aromatic rings. The Kier molecular flexibility index (Phi) is 5.14. The first kappa shape index (κ1) is 17.8. The molecule has 0 fully saturated rings. The molecule has 0 unspecified atom stereocenters. The van der Waals surface area contributed by atoms with Gasteiger partial charge in [-0.3, -0.25) is 4.79 Å². The van der Waals surface area contributed by atoms with E-state index < -0.39 is 11.8 Å². The summed E-state index contributed by atoms with van der Waals surface area (Å²) in [5.41, 5.74) is 1.52. The van der Waals surface area contributed by atoms with Gasteiger partial charge in [0.1, 0.15) is 5.75 Å². The first-order chi connectivity index (χ1) is 12.5. The lowest BCUT2D eigenvalue weighted by Gasteiger charge is -2.09. The molecule has 0 spiro atoms. The Morgan fingerprint density at radius 3 is 2.62 bits per heavy atom. The second-order valence-electron chi connectivity index (χ2n) is 5.47. The van der Waals surface area contributed by atoms with Crippen molar-refractivity contribution in [2.24, 2.45) is 0 Å². The molecule has 6 heteroatoms. The number of methoxy groups -OCH3 is 1. The van der Waals surface area contributed by atoms with Crippen LogP contribution in [0.5, 0.6) is 5.75 Å². The lowest BCUT2D eigenvalue weighted by molar-refractivity contribution is -0.146. The second-order valence-corrected chi connectivity index (χ2v) is 6.38. The van der Waals surface area contributed by atoms with Crippen molar-refractivity contribution in [3.8, 4) is 5.75 Å². The minimum Gasteiger partial charge on any atom is -0.496 e. The van der Waals surface area contributed by atoms with Gasteiger partial charge in [-0.15, -0.1) is 0 Å². The van der Waals surface area contributed by atoms with Crippen LogP contribution in [0.1, 0.15) is 11.3 Å². The van der Waals surface area contributed by atoms with E-state index in [-0.39, 0.29) is 11.3 Å². The molecule has 1 heterocycles. The number of carbonyl (C=O) groups excluding carboxylic acids is 1. The Hall–Kier alpha value is -2.99. The maximum absolute atomic E-state index is 12.3. The van der Waals surface area contributed by atoms with Crippen LogP contribution in [0.2, 0.25) is 0 Å². The highest BCUT2D eigenvalue weighted by Gasteiger charge is 2.21. The number of pyridine rings is 1. The number of rotatable bonds is 5. The molecule has 1 aromatic heterocycles. The van der Waals surface area contributed by atoms with Crippen molar-refractivity contribution in [1.82, 2.24) is 4.98 Å². The highest BCUT2D eigenvalue weighted by molar-refractivity contribution is 9.10. The van der Waals surface area contributed by atoms with Crippen molar-refractivity contribution in [3.63, 3.8) is 0 Å². The van der Waals surface area contributed by atoms with Gasteiger partial charge in [0.25, 0.3) is 5.78 Å². The first-order valence-corrected chi connectivity index (χ1v) is 8.48. The third-order valence-electron chi connectivity index (χ3n) is 3.80. The summed E-state index contributed by atoms with van der Waals surface area (Å²) >= 11 is 3.37. The number of hydrogen-bond acceptors (Lipinski definition) is 4. The summed E-state index contributed by atoms with van der Waals surface area (Å²) in [5.74, 6) is -2.06. The SMILES string of the molecule is COc1ccc(Br)cc1C=C(C(=O)C(=O)O)c1ccc2ccccc2n1. The van der Waals surface area contributed by atoms with E-state index in [1.54, 1.807) is 36.4 Å². The fraction of sp³-hybridized carbons (Fsp3) is 0.0500. The van der Waals surface area contributed by atoms with Gasteiger partial charge in [0.05, 0.1) is 23.9 Å². The largest absolute Gasteiger partial charge is 0.496 e. The van der Waals surface area contributed by atoms with Gasteiger partial charge in [-0.2, -0.15) is 0 Å². The molecular formula is C20H14BrNO4. The number of benzene rings is 2. The third-order valence-corrected chi connectivity index (χ3v) is 4.30. The molecule has 0 saturated carbocycles. The summed E-state index contributed by atoms with van der Waals surface area (Å²) in [5, 5.41) is 10.1. The van der Waals surface area contributed by atoms with E-state index in [2.05, 4.69) is 20.9 Å². The average molecular weight is 412 g/mol. The number of carbonyl (C=O) groups is 2. The molecule has 0 atom stereocenters. The number of fused-ring (bicyclic) bond motifs is 1. The van der Waals surface area contributed by atoms with Crippen molar-refractivity contribution >= 4 is 50.2 Å². The predicted octanol–water partition coefficient (Wildman–Crippen LogP) is 4.20. The molecule has 5 nitrogen and oxygen atoms in total.